The molecule has 0 aliphatic carbocycles. The average molecular weight is 491 g/mol. The van der Waals surface area contributed by atoms with Crippen molar-refractivity contribution in [1.82, 2.24) is 10.6 Å². The molecule has 0 saturated heterocycles. The third-order valence-corrected chi connectivity index (χ3v) is 5.23. The number of β-amino-alcohol motifs (C(OH)–C–C–N with tert-alkyl or cyclic N) is 1. The Morgan fingerprint density at radius 3 is 2.40 bits per heavy atom. The third kappa shape index (κ3) is 8.09. The first-order chi connectivity index (χ1) is 16.8. The Morgan fingerprint density at radius 1 is 1.03 bits per heavy atom. The van der Waals surface area contributed by atoms with Gasteiger partial charge in [0.25, 0.3) is 0 Å². The highest BCUT2D eigenvalue weighted by Crippen LogP contribution is 2.40. The summed E-state index contributed by atoms with van der Waals surface area (Å²) in [7, 11) is 3.20. The minimum atomic E-state index is -0.635. The Labute approximate surface area is 207 Å². The molecule has 2 unspecified atom stereocenters. The Morgan fingerprint density at radius 2 is 1.71 bits per heavy atom. The molecule has 194 valence electrons. The first-order valence-corrected chi connectivity index (χ1v) is 11.8. The van der Waals surface area contributed by atoms with Crippen LogP contribution in [0.1, 0.15) is 20.8 Å². The average Bonchev–Trinajstić information content (AvgIpc) is 2.85. The van der Waals surface area contributed by atoms with Crippen molar-refractivity contribution < 1.29 is 33.5 Å². The van der Waals surface area contributed by atoms with Crippen molar-refractivity contribution in [2.75, 3.05) is 53.7 Å². The largest absolute Gasteiger partial charge is 0.493 e. The van der Waals surface area contributed by atoms with E-state index >= 15 is 0 Å². The van der Waals surface area contributed by atoms with Gasteiger partial charge in [0.15, 0.2) is 23.0 Å². The SMILES string of the molecule is COc1cccc(OC)c1OCCNCC1COc2c(OCC(O)CNC(C)(C)C)cccc2O1. The molecule has 0 spiro atoms. The number of aliphatic hydroxyl groups is 1. The van der Waals surface area contributed by atoms with Crippen LogP contribution in [0.3, 0.4) is 0 Å². The molecular weight excluding hydrogens is 452 g/mol. The smallest absolute Gasteiger partial charge is 0.203 e. The number of rotatable bonds is 13. The van der Waals surface area contributed by atoms with E-state index in [2.05, 4.69) is 31.4 Å². The molecule has 9 heteroatoms. The van der Waals surface area contributed by atoms with E-state index in [9.17, 15) is 5.11 Å². The Hall–Kier alpha value is -2.88. The van der Waals surface area contributed by atoms with Crippen LogP contribution in [0.5, 0.6) is 34.5 Å². The van der Waals surface area contributed by atoms with E-state index in [1.807, 2.05) is 36.4 Å². The standard InChI is InChI=1S/C26H38N2O7/c1-26(2,3)28-14-18(29)16-33-22-10-7-11-23-25(22)34-17-19(35-23)15-27-12-13-32-24-20(30-4)8-6-9-21(24)31-5/h6-11,18-19,27-29H,12-17H2,1-5H3. The van der Waals surface area contributed by atoms with Crippen LogP contribution in [-0.4, -0.2) is 76.5 Å². The van der Waals surface area contributed by atoms with Gasteiger partial charge in [0, 0.05) is 25.2 Å². The van der Waals surface area contributed by atoms with E-state index in [4.69, 9.17) is 28.4 Å². The fourth-order valence-electron chi connectivity index (χ4n) is 3.45. The zero-order chi connectivity index (χ0) is 25.3. The third-order valence-electron chi connectivity index (χ3n) is 5.23. The molecule has 0 amide bonds. The van der Waals surface area contributed by atoms with Crippen LogP contribution in [0.4, 0.5) is 0 Å². The second-order valence-corrected chi connectivity index (χ2v) is 9.27. The van der Waals surface area contributed by atoms with Crippen molar-refractivity contribution in [1.29, 1.82) is 0 Å². The monoisotopic (exact) mass is 490 g/mol. The number of fused-ring (bicyclic) bond motifs is 1. The minimum Gasteiger partial charge on any atom is -0.493 e. The number of nitrogens with one attached hydrogen (secondary N) is 2. The van der Waals surface area contributed by atoms with Crippen LogP contribution < -0.4 is 39.1 Å². The molecule has 0 bridgehead atoms. The van der Waals surface area contributed by atoms with E-state index in [1.54, 1.807) is 14.2 Å². The van der Waals surface area contributed by atoms with Gasteiger partial charge in [-0.1, -0.05) is 12.1 Å². The van der Waals surface area contributed by atoms with Gasteiger partial charge < -0.3 is 44.2 Å². The summed E-state index contributed by atoms with van der Waals surface area (Å²) in [6.07, 6.45) is -0.787. The molecule has 0 saturated carbocycles. The van der Waals surface area contributed by atoms with Gasteiger partial charge in [-0.2, -0.15) is 0 Å². The maximum atomic E-state index is 10.2. The van der Waals surface area contributed by atoms with E-state index < -0.39 is 6.10 Å². The van der Waals surface area contributed by atoms with Gasteiger partial charge in [0.2, 0.25) is 11.5 Å². The number of aliphatic hydroxyl groups excluding tert-OH is 1. The lowest BCUT2D eigenvalue weighted by Crippen LogP contribution is -2.42. The van der Waals surface area contributed by atoms with Gasteiger partial charge in [-0.05, 0) is 45.0 Å². The fourth-order valence-corrected chi connectivity index (χ4v) is 3.45. The van der Waals surface area contributed by atoms with E-state index in [-0.39, 0.29) is 18.2 Å². The number of hydrogen-bond donors (Lipinski definition) is 3. The lowest BCUT2D eigenvalue weighted by atomic mass is 10.1. The highest BCUT2D eigenvalue weighted by molar-refractivity contribution is 5.52. The molecule has 0 radical (unpaired) electrons. The normalized spacial score (nSPS) is 15.9. The molecule has 35 heavy (non-hydrogen) atoms. The molecule has 0 fully saturated rings. The van der Waals surface area contributed by atoms with E-state index in [0.717, 1.165) is 0 Å². The van der Waals surface area contributed by atoms with Crippen molar-refractivity contribution in [2.45, 2.75) is 38.5 Å². The van der Waals surface area contributed by atoms with Crippen LogP contribution in [0, 0.1) is 0 Å². The predicted molar refractivity (Wildman–Crippen MR) is 134 cm³/mol. The molecule has 1 aliphatic heterocycles. The van der Waals surface area contributed by atoms with Gasteiger partial charge in [-0.3, -0.25) is 0 Å². The number of hydrogen-bond acceptors (Lipinski definition) is 9. The van der Waals surface area contributed by atoms with Crippen molar-refractivity contribution >= 4 is 0 Å². The van der Waals surface area contributed by atoms with Crippen molar-refractivity contribution in [2.24, 2.45) is 0 Å². The molecule has 1 heterocycles. The second-order valence-electron chi connectivity index (χ2n) is 9.27. The number of ether oxygens (including phenoxy) is 6. The zero-order valence-electron chi connectivity index (χ0n) is 21.3. The number of para-hydroxylation sites is 2. The topological polar surface area (TPSA) is 99.7 Å². The Kier molecular flexibility index (Phi) is 9.71. The molecule has 3 rings (SSSR count). The van der Waals surface area contributed by atoms with Crippen LogP contribution in [-0.2, 0) is 0 Å². The molecule has 2 aromatic carbocycles. The summed E-state index contributed by atoms with van der Waals surface area (Å²) in [5.41, 5.74) is -0.0692. The van der Waals surface area contributed by atoms with Crippen molar-refractivity contribution in [3.05, 3.63) is 36.4 Å². The van der Waals surface area contributed by atoms with Crippen LogP contribution in [0.15, 0.2) is 36.4 Å². The highest BCUT2D eigenvalue weighted by Gasteiger charge is 2.24. The fraction of sp³-hybridized carbons (Fsp3) is 0.538. The first kappa shape index (κ1) is 26.7. The Balaban J connectivity index is 1.43. The van der Waals surface area contributed by atoms with Gasteiger partial charge in [0.1, 0.15) is 32.0 Å². The second kappa shape index (κ2) is 12.7. The maximum absolute atomic E-state index is 10.2. The van der Waals surface area contributed by atoms with Gasteiger partial charge in [0.05, 0.1) is 14.2 Å². The molecule has 2 aromatic rings. The molecule has 1 aliphatic rings. The van der Waals surface area contributed by atoms with E-state index in [0.29, 0.717) is 67.3 Å². The summed E-state index contributed by atoms with van der Waals surface area (Å²) < 4.78 is 34.4. The maximum Gasteiger partial charge on any atom is 0.203 e. The zero-order valence-corrected chi connectivity index (χ0v) is 21.3. The van der Waals surface area contributed by atoms with Gasteiger partial charge >= 0.3 is 0 Å². The van der Waals surface area contributed by atoms with E-state index in [1.165, 1.54) is 0 Å². The lowest BCUT2D eigenvalue weighted by molar-refractivity contribution is 0.0756. The lowest BCUT2D eigenvalue weighted by Gasteiger charge is -2.28. The van der Waals surface area contributed by atoms with Crippen molar-refractivity contribution in [3.63, 3.8) is 0 Å². The summed E-state index contributed by atoms with van der Waals surface area (Å²) in [6.45, 7) is 8.77. The summed E-state index contributed by atoms with van der Waals surface area (Å²) in [6, 6.07) is 11.0. The minimum absolute atomic E-state index is 0.0692. The highest BCUT2D eigenvalue weighted by atomic mass is 16.6. The quantitative estimate of drug-likeness (QED) is 0.366. The summed E-state index contributed by atoms with van der Waals surface area (Å²) in [5.74, 6) is 3.58. The van der Waals surface area contributed by atoms with Crippen LogP contribution >= 0.6 is 0 Å². The summed E-state index contributed by atoms with van der Waals surface area (Å²) in [4.78, 5) is 0. The number of methoxy groups -OCH3 is 2. The number of benzene rings is 2. The van der Waals surface area contributed by atoms with Gasteiger partial charge in [-0.15, -0.1) is 0 Å². The summed E-state index contributed by atoms with van der Waals surface area (Å²) >= 11 is 0. The molecule has 9 nitrogen and oxygen atoms in total. The first-order valence-electron chi connectivity index (χ1n) is 11.8. The molecule has 2 atom stereocenters. The predicted octanol–water partition coefficient (Wildman–Crippen LogP) is 2.64. The Bertz CT molecular complexity index is 910. The van der Waals surface area contributed by atoms with Crippen LogP contribution in [0.25, 0.3) is 0 Å². The van der Waals surface area contributed by atoms with Crippen LogP contribution in [0.2, 0.25) is 0 Å². The molecular formula is C26H38N2O7. The molecule has 3 N–H and O–H groups in total. The van der Waals surface area contributed by atoms with Crippen molar-refractivity contribution in [3.8, 4) is 34.5 Å². The van der Waals surface area contributed by atoms with Gasteiger partial charge in [-0.25, -0.2) is 0 Å². The summed E-state index contributed by atoms with van der Waals surface area (Å²) in [5, 5.41) is 16.8. The molecule has 0 aromatic heterocycles.